The van der Waals surface area contributed by atoms with Crippen LogP contribution in [0.5, 0.6) is 0 Å². The van der Waals surface area contributed by atoms with E-state index in [1.54, 1.807) is 18.5 Å². The predicted octanol–water partition coefficient (Wildman–Crippen LogP) is 3.09. The zero-order valence-corrected chi connectivity index (χ0v) is 18.0. The van der Waals surface area contributed by atoms with Crippen molar-refractivity contribution in [3.8, 4) is 0 Å². The molecule has 0 spiro atoms. The molecule has 10 heteroatoms. The number of nitrogens with zero attached hydrogens (tertiary/aromatic N) is 3. The van der Waals surface area contributed by atoms with Gasteiger partial charge in [-0.15, -0.1) is 5.10 Å². The Morgan fingerprint density at radius 1 is 1.41 bits per heavy atom. The summed E-state index contributed by atoms with van der Waals surface area (Å²) in [7, 11) is -3.53. The molecule has 1 fully saturated rings. The van der Waals surface area contributed by atoms with E-state index in [9.17, 15) is 14.3 Å². The van der Waals surface area contributed by atoms with Crippen molar-refractivity contribution in [1.82, 2.24) is 20.3 Å². The first-order valence-electron chi connectivity index (χ1n) is 9.56. The predicted molar refractivity (Wildman–Crippen MR) is 107 cm³/mol. The van der Waals surface area contributed by atoms with Crippen molar-refractivity contribution in [1.29, 1.82) is 0 Å². The van der Waals surface area contributed by atoms with Gasteiger partial charge in [0.1, 0.15) is 0 Å². The number of thiol groups is 1. The van der Waals surface area contributed by atoms with E-state index in [4.69, 9.17) is 4.52 Å². The molecule has 1 aliphatic carbocycles. The Labute approximate surface area is 166 Å². The van der Waals surface area contributed by atoms with Crippen molar-refractivity contribution in [2.24, 2.45) is 0 Å². The molecule has 1 amide bonds. The van der Waals surface area contributed by atoms with E-state index in [1.165, 1.54) is 0 Å². The summed E-state index contributed by atoms with van der Waals surface area (Å²) in [5.41, 5.74) is 0.465. The number of amides is 1. The summed E-state index contributed by atoms with van der Waals surface area (Å²) in [4.78, 5) is 22.0. The Kier molecular flexibility index (Phi) is 8.34. The van der Waals surface area contributed by atoms with Crippen molar-refractivity contribution in [3.63, 3.8) is 0 Å². The van der Waals surface area contributed by atoms with Gasteiger partial charge in [0, 0.05) is 18.7 Å². The molecule has 1 aliphatic rings. The number of carbonyl (C=O) groups excluding carboxylic acids is 1. The maximum atomic E-state index is 12.1. The van der Waals surface area contributed by atoms with Crippen LogP contribution in [0.3, 0.4) is 0 Å². The molecule has 0 aromatic carbocycles. The number of aromatic nitrogens is 3. The Morgan fingerprint density at radius 2 is 2.07 bits per heavy atom. The third-order valence-corrected chi connectivity index (χ3v) is 6.91. The van der Waals surface area contributed by atoms with Crippen molar-refractivity contribution in [2.75, 3.05) is 0 Å². The largest absolute Gasteiger partial charge is 0.353 e. The Bertz CT molecular complexity index is 659. The van der Waals surface area contributed by atoms with Crippen molar-refractivity contribution in [2.45, 2.75) is 88.9 Å². The Balaban J connectivity index is 1.65. The van der Waals surface area contributed by atoms with Crippen LogP contribution >= 0.6 is 20.2 Å². The quantitative estimate of drug-likeness (QED) is 0.420. The monoisotopic (exact) mass is 418 g/mol. The number of carbonyl (C=O) groups is 1. The molecule has 0 aliphatic heterocycles. The molecule has 1 saturated carbocycles. The number of aryl methyl sites for hydroxylation is 1. The van der Waals surface area contributed by atoms with Crippen LogP contribution in [0.15, 0.2) is 6.20 Å². The maximum Gasteiger partial charge on any atom is 0.330 e. The highest BCUT2D eigenvalue weighted by Gasteiger charge is 2.31. The van der Waals surface area contributed by atoms with Gasteiger partial charge >= 0.3 is 7.60 Å². The van der Waals surface area contributed by atoms with Gasteiger partial charge in [0.05, 0.1) is 22.8 Å². The van der Waals surface area contributed by atoms with E-state index in [2.05, 4.69) is 28.3 Å². The van der Waals surface area contributed by atoms with E-state index in [0.717, 1.165) is 18.5 Å². The zero-order chi connectivity index (χ0) is 20.0. The number of rotatable bonds is 9. The molecule has 154 valence electrons. The fourth-order valence-electron chi connectivity index (χ4n) is 2.99. The minimum Gasteiger partial charge on any atom is -0.353 e. The first-order chi connectivity index (χ1) is 12.7. The number of hydrogen-bond donors (Lipinski definition) is 3. The van der Waals surface area contributed by atoms with E-state index >= 15 is 0 Å². The van der Waals surface area contributed by atoms with Crippen molar-refractivity contribution < 1.29 is 18.8 Å². The van der Waals surface area contributed by atoms with Gasteiger partial charge in [-0.2, -0.15) is 12.6 Å². The molecule has 2 N–H and O–H groups in total. The SMILES string of the molecule is CC(S)n1cc(CCCC(=O)NC2CCC(OP(=O)(O)C(C)C)CC2)nn1. The second-order valence-corrected chi connectivity index (χ2v) is 10.6. The normalized spacial score (nSPS) is 23.8. The van der Waals surface area contributed by atoms with Gasteiger partial charge in [-0.1, -0.05) is 19.1 Å². The van der Waals surface area contributed by atoms with Gasteiger partial charge in [-0.05, 0) is 45.4 Å². The van der Waals surface area contributed by atoms with Crippen LogP contribution in [0.4, 0.5) is 0 Å². The molecule has 0 saturated heterocycles. The highest BCUT2D eigenvalue weighted by molar-refractivity contribution is 7.80. The average Bonchev–Trinajstić information content (AvgIpc) is 3.05. The second kappa shape index (κ2) is 10.0. The third-order valence-electron chi connectivity index (χ3n) is 4.77. The van der Waals surface area contributed by atoms with Gasteiger partial charge in [0.2, 0.25) is 5.91 Å². The molecule has 2 unspecified atom stereocenters. The summed E-state index contributed by atoms with van der Waals surface area (Å²) in [6.45, 7) is 5.29. The maximum absolute atomic E-state index is 12.1. The third kappa shape index (κ3) is 7.22. The van der Waals surface area contributed by atoms with Crippen LogP contribution in [-0.2, 0) is 20.3 Å². The molecule has 2 atom stereocenters. The van der Waals surface area contributed by atoms with Crippen molar-refractivity contribution in [3.05, 3.63) is 11.9 Å². The fourth-order valence-corrected chi connectivity index (χ4v) is 3.98. The molecule has 1 aromatic rings. The summed E-state index contributed by atoms with van der Waals surface area (Å²) >= 11 is 4.30. The molecule has 1 aromatic heterocycles. The van der Waals surface area contributed by atoms with E-state index in [-0.39, 0.29) is 23.4 Å². The summed E-state index contributed by atoms with van der Waals surface area (Å²) in [6, 6.07) is 0.111. The molecule has 27 heavy (non-hydrogen) atoms. The molecule has 1 heterocycles. The van der Waals surface area contributed by atoms with Gasteiger partial charge in [-0.3, -0.25) is 9.36 Å². The van der Waals surface area contributed by atoms with Crippen LogP contribution in [0.2, 0.25) is 0 Å². The van der Waals surface area contributed by atoms with Crippen LogP contribution in [0.25, 0.3) is 0 Å². The van der Waals surface area contributed by atoms with Gasteiger partial charge in [0.15, 0.2) is 0 Å². The topological polar surface area (TPSA) is 106 Å². The summed E-state index contributed by atoms with van der Waals surface area (Å²) in [5.74, 6) is 0.0318. The van der Waals surface area contributed by atoms with E-state index in [0.29, 0.717) is 32.1 Å². The van der Waals surface area contributed by atoms with Gasteiger partial charge in [0.25, 0.3) is 0 Å². The van der Waals surface area contributed by atoms with Crippen LogP contribution in [0, 0.1) is 0 Å². The summed E-state index contributed by atoms with van der Waals surface area (Å²) < 4.78 is 19.1. The lowest BCUT2D eigenvalue weighted by Gasteiger charge is -2.31. The van der Waals surface area contributed by atoms with Crippen LogP contribution in [0.1, 0.15) is 70.4 Å². The summed E-state index contributed by atoms with van der Waals surface area (Å²) in [6.07, 6.45) is 6.42. The van der Waals surface area contributed by atoms with Crippen LogP contribution in [-0.4, -0.2) is 43.6 Å². The zero-order valence-electron chi connectivity index (χ0n) is 16.2. The van der Waals surface area contributed by atoms with Gasteiger partial charge < -0.3 is 14.7 Å². The summed E-state index contributed by atoms with van der Waals surface area (Å²) in [5, 5.41) is 11.1. The molecular formula is C17H31N4O4PS. The average molecular weight is 419 g/mol. The highest BCUT2D eigenvalue weighted by Crippen LogP contribution is 2.49. The van der Waals surface area contributed by atoms with Crippen molar-refractivity contribution >= 4 is 26.1 Å². The lowest BCUT2D eigenvalue weighted by Crippen LogP contribution is -2.39. The molecule has 0 radical (unpaired) electrons. The minimum absolute atomic E-state index is 0.0195. The second-order valence-electron chi connectivity index (χ2n) is 7.48. The van der Waals surface area contributed by atoms with E-state index < -0.39 is 13.3 Å². The Hall–Kier alpha value is -0.890. The Morgan fingerprint density at radius 3 is 2.63 bits per heavy atom. The smallest absolute Gasteiger partial charge is 0.330 e. The lowest BCUT2D eigenvalue weighted by molar-refractivity contribution is -0.122. The van der Waals surface area contributed by atoms with Crippen LogP contribution < -0.4 is 5.32 Å². The number of nitrogens with one attached hydrogen (secondary N) is 1. The highest BCUT2D eigenvalue weighted by atomic mass is 32.1. The van der Waals surface area contributed by atoms with E-state index in [1.807, 2.05) is 13.1 Å². The molecule has 2 rings (SSSR count). The fraction of sp³-hybridized carbons (Fsp3) is 0.824. The minimum atomic E-state index is -3.53. The standard InChI is InChI=1S/C17H31N4O4PS/c1-12(2)26(23,24)25-16-9-7-14(8-10-16)18-17(22)6-4-5-15-11-21(13(3)27)20-19-15/h11-14,16,27H,4-10H2,1-3H3,(H,18,22)(H,23,24). The first kappa shape index (κ1) is 22.4. The molecule has 0 bridgehead atoms. The first-order valence-corrected chi connectivity index (χ1v) is 11.7. The number of hydrogen-bond acceptors (Lipinski definition) is 6. The van der Waals surface area contributed by atoms with Gasteiger partial charge in [-0.25, -0.2) is 4.68 Å². The molecular weight excluding hydrogens is 387 g/mol. The lowest BCUT2D eigenvalue weighted by atomic mass is 9.93. The molecule has 8 nitrogen and oxygen atoms in total.